The molecule has 132 valence electrons. The van der Waals surface area contributed by atoms with E-state index >= 15 is 0 Å². The highest BCUT2D eigenvalue weighted by molar-refractivity contribution is 7.89. The van der Waals surface area contributed by atoms with Crippen molar-refractivity contribution < 1.29 is 8.42 Å². The molecular weight excluding hydrogens is 322 g/mol. The van der Waals surface area contributed by atoms with Crippen LogP contribution < -0.4 is 4.72 Å². The fraction of sp³-hybridized carbons (Fsp3) is 0.500. The number of sulfonamides is 1. The van der Waals surface area contributed by atoms with Gasteiger partial charge >= 0.3 is 0 Å². The Balaban J connectivity index is 2.19. The second-order valence-electron chi connectivity index (χ2n) is 6.09. The molecule has 0 aliphatic carbocycles. The highest BCUT2D eigenvalue weighted by atomic mass is 32.2. The maximum absolute atomic E-state index is 12.6. The third kappa shape index (κ3) is 4.24. The normalized spacial score (nSPS) is 14.5. The van der Waals surface area contributed by atoms with Crippen LogP contribution in [-0.4, -0.2) is 18.2 Å². The van der Waals surface area contributed by atoms with Gasteiger partial charge in [-0.1, -0.05) is 45.0 Å². The lowest BCUT2D eigenvalue weighted by molar-refractivity contribution is 0.549. The van der Waals surface area contributed by atoms with Crippen molar-refractivity contribution in [2.24, 2.45) is 0 Å². The van der Waals surface area contributed by atoms with Crippen LogP contribution >= 0.6 is 0 Å². The molecule has 0 radical (unpaired) electrons. The summed E-state index contributed by atoms with van der Waals surface area (Å²) in [4.78, 5) is 0.207. The summed E-state index contributed by atoms with van der Waals surface area (Å²) < 4.78 is 29.5. The van der Waals surface area contributed by atoms with E-state index in [0.717, 1.165) is 12.0 Å². The van der Waals surface area contributed by atoms with Crippen molar-refractivity contribution in [3.05, 3.63) is 47.8 Å². The summed E-state index contributed by atoms with van der Waals surface area (Å²) in [6.45, 7) is 8.90. The molecule has 0 bridgehead atoms. The molecule has 24 heavy (non-hydrogen) atoms. The zero-order chi connectivity index (χ0) is 17.7. The summed E-state index contributed by atoms with van der Waals surface area (Å²) in [5, 5.41) is 4.04. The van der Waals surface area contributed by atoms with Gasteiger partial charge < -0.3 is 0 Å². The van der Waals surface area contributed by atoms with Crippen LogP contribution in [0.15, 0.2) is 41.6 Å². The van der Waals surface area contributed by atoms with Crippen LogP contribution in [-0.2, 0) is 16.6 Å². The Labute approximate surface area is 145 Å². The summed E-state index contributed by atoms with van der Waals surface area (Å²) in [5.74, 6) is 0.510. The molecule has 0 spiro atoms. The van der Waals surface area contributed by atoms with E-state index in [1.807, 2.05) is 26.0 Å². The Hall–Kier alpha value is -1.66. The van der Waals surface area contributed by atoms with Gasteiger partial charge in [-0.2, -0.15) is 5.10 Å². The van der Waals surface area contributed by atoms with E-state index in [0.29, 0.717) is 18.9 Å². The van der Waals surface area contributed by atoms with E-state index in [1.165, 1.54) is 11.8 Å². The summed E-state index contributed by atoms with van der Waals surface area (Å²) >= 11 is 0. The second-order valence-corrected chi connectivity index (χ2v) is 7.80. The van der Waals surface area contributed by atoms with Crippen LogP contribution in [0.3, 0.4) is 0 Å². The highest BCUT2D eigenvalue weighted by Gasteiger charge is 2.22. The summed E-state index contributed by atoms with van der Waals surface area (Å²) in [7, 11) is -3.57. The first-order valence-corrected chi connectivity index (χ1v) is 10.0. The van der Waals surface area contributed by atoms with Gasteiger partial charge in [-0.05, 0) is 36.8 Å². The molecule has 1 heterocycles. The second kappa shape index (κ2) is 7.94. The minimum absolute atomic E-state index is 0.207. The van der Waals surface area contributed by atoms with Gasteiger partial charge in [0.25, 0.3) is 0 Å². The van der Waals surface area contributed by atoms with Crippen molar-refractivity contribution in [1.29, 1.82) is 0 Å². The van der Waals surface area contributed by atoms with Gasteiger partial charge in [-0.3, -0.25) is 4.68 Å². The smallest absolute Gasteiger partial charge is 0.244 e. The van der Waals surface area contributed by atoms with Crippen LogP contribution in [0.25, 0.3) is 0 Å². The van der Waals surface area contributed by atoms with E-state index in [9.17, 15) is 8.42 Å². The molecule has 0 unspecified atom stereocenters. The average Bonchev–Trinajstić information content (AvgIpc) is 3.09. The molecular formula is C18H27N3O2S. The number of aryl methyl sites for hydroxylation is 1. The van der Waals surface area contributed by atoms with Gasteiger partial charge in [0.15, 0.2) is 0 Å². The molecule has 0 aliphatic heterocycles. The zero-order valence-electron chi connectivity index (χ0n) is 14.9. The van der Waals surface area contributed by atoms with Gasteiger partial charge in [0, 0.05) is 18.8 Å². The van der Waals surface area contributed by atoms with Crippen molar-refractivity contribution in [2.75, 3.05) is 0 Å². The third-order valence-electron chi connectivity index (χ3n) is 4.47. The predicted molar refractivity (Wildman–Crippen MR) is 96.4 cm³/mol. The van der Waals surface area contributed by atoms with Crippen LogP contribution in [0.1, 0.15) is 63.6 Å². The number of hydrogen-bond donors (Lipinski definition) is 1. The van der Waals surface area contributed by atoms with E-state index in [-0.39, 0.29) is 10.9 Å². The molecule has 1 aromatic carbocycles. The van der Waals surface area contributed by atoms with Crippen molar-refractivity contribution in [2.45, 2.75) is 63.9 Å². The van der Waals surface area contributed by atoms with E-state index in [1.54, 1.807) is 10.9 Å². The number of benzene rings is 1. The van der Waals surface area contributed by atoms with Crippen molar-refractivity contribution >= 4 is 10.0 Å². The standard InChI is InChI=1S/C18H27N3O2S/c1-5-14(4)15-8-10-16(11-9-15)18(6-2)20-24(22,23)17-12-19-21(7-3)13-17/h8-14,18,20H,5-7H2,1-4H3/t14-,18+/m0/s1. The molecule has 2 aromatic rings. The molecule has 1 aromatic heterocycles. The van der Waals surface area contributed by atoms with Crippen LogP contribution in [0.2, 0.25) is 0 Å². The third-order valence-corrected chi connectivity index (χ3v) is 5.90. The monoisotopic (exact) mass is 349 g/mol. The number of hydrogen-bond acceptors (Lipinski definition) is 3. The van der Waals surface area contributed by atoms with Gasteiger partial charge in [0.05, 0.1) is 6.20 Å². The lowest BCUT2D eigenvalue weighted by Crippen LogP contribution is -2.28. The summed E-state index contributed by atoms with van der Waals surface area (Å²) in [6, 6.07) is 7.98. The topological polar surface area (TPSA) is 64.0 Å². The minimum atomic E-state index is -3.57. The van der Waals surface area contributed by atoms with Crippen molar-refractivity contribution in [1.82, 2.24) is 14.5 Å². The lowest BCUT2D eigenvalue weighted by Gasteiger charge is -2.18. The van der Waals surface area contributed by atoms with Gasteiger partial charge in [-0.15, -0.1) is 0 Å². The SMILES string of the molecule is CC[C@H](C)c1ccc([C@@H](CC)NS(=O)(=O)c2cnn(CC)c2)cc1. The molecule has 0 saturated heterocycles. The maximum Gasteiger partial charge on any atom is 0.244 e. The van der Waals surface area contributed by atoms with E-state index in [2.05, 4.69) is 35.8 Å². The Bertz CT molecular complexity index is 751. The first kappa shape index (κ1) is 18.7. The Kier molecular flexibility index (Phi) is 6.18. The van der Waals surface area contributed by atoms with Gasteiger partial charge in [0.2, 0.25) is 10.0 Å². The minimum Gasteiger partial charge on any atom is -0.272 e. The number of nitrogens with one attached hydrogen (secondary N) is 1. The van der Waals surface area contributed by atoms with Crippen LogP contribution in [0.4, 0.5) is 0 Å². The fourth-order valence-electron chi connectivity index (χ4n) is 2.59. The lowest BCUT2D eigenvalue weighted by atomic mass is 9.96. The molecule has 5 nitrogen and oxygen atoms in total. The molecule has 0 aliphatic rings. The number of nitrogens with zero attached hydrogens (tertiary/aromatic N) is 2. The fourth-order valence-corrected chi connectivity index (χ4v) is 3.85. The number of rotatable bonds is 8. The first-order chi connectivity index (χ1) is 11.4. The predicted octanol–water partition coefficient (Wildman–Crippen LogP) is 3.85. The average molecular weight is 350 g/mol. The summed E-state index contributed by atoms with van der Waals surface area (Å²) in [5.41, 5.74) is 2.26. The molecule has 6 heteroatoms. The van der Waals surface area contributed by atoms with E-state index < -0.39 is 10.0 Å². The van der Waals surface area contributed by atoms with E-state index in [4.69, 9.17) is 0 Å². The van der Waals surface area contributed by atoms with Gasteiger partial charge in [0.1, 0.15) is 4.90 Å². The molecule has 1 N–H and O–H groups in total. The number of aromatic nitrogens is 2. The van der Waals surface area contributed by atoms with Crippen molar-refractivity contribution in [3.63, 3.8) is 0 Å². The highest BCUT2D eigenvalue weighted by Crippen LogP contribution is 2.24. The molecule has 0 amide bonds. The van der Waals surface area contributed by atoms with Crippen molar-refractivity contribution in [3.8, 4) is 0 Å². The molecule has 0 fully saturated rings. The Morgan fingerprint density at radius 3 is 2.21 bits per heavy atom. The molecule has 0 saturated carbocycles. The van der Waals surface area contributed by atoms with Gasteiger partial charge in [-0.25, -0.2) is 13.1 Å². The molecule has 2 rings (SSSR count). The zero-order valence-corrected chi connectivity index (χ0v) is 15.7. The van der Waals surface area contributed by atoms with Crippen LogP contribution in [0.5, 0.6) is 0 Å². The maximum atomic E-state index is 12.6. The first-order valence-electron chi connectivity index (χ1n) is 8.55. The Morgan fingerprint density at radius 2 is 1.71 bits per heavy atom. The summed E-state index contributed by atoms with van der Waals surface area (Å²) in [6.07, 6.45) is 4.72. The van der Waals surface area contributed by atoms with Crippen LogP contribution in [0, 0.1) is 0 Å². The largest absolute Gasteiger partial charge is 0.272 e. The Morgan fingerprint density at radius 1 is 1.08 bits per heavy atom. The quantitative estimate of drug-likeness (QED) is 0.787. The molecule has 2 atom stereocenters.